The molecule has 3 rings (SSSR count). The maximum atomic E-state index is 12.0. The highest BCUT2D eigenvalue weighted by molar-refractivity contribution is 7.85. The second kappa shape index (κ2) is 5.74. The number of hydrogen-bond acceptors (Lipinski definition) is 2. The molecule has 1 fully saturated rings. The van der Waals surface area contributed by atoms with Gasteiger partial charge in [0.1, 0.15) is 0 Å². The fourth-order valence-corrected chi connectivity index (χ4v) is 4.57. The van der Waals surface area contributed by atoms with Gasteiger partial charge in [-0.25, -0.2) is 0 Å². The molecular weight excluding hydrogens is 278 g/mol. The van der Waals surface area contributed by atoms with Crippen molar-refractivity contribution in [3.8, 4) is 11.1 Å². The van der Waals surface area contributed by atoms with Gasteiger partial charge in [0, 0.05) is 33.9 Å². The van der Waals surface area contributed by atoms with Gasteiger partial charge < -0.3 is 5.32 Å². The molecule has 2 aromatic carbocycles. The molecule has 2 atom stereocenters. The van der Waals surface area contributed by atoms with Crippen LogP contribution in [-0.2, 0) is 10.8 Å². The van der Waals surface area contributed by atoms with E-state index in [9.17, 15) is 4.21 Å². The summed E-state index contributed by atoms with van der Waals surface area (Å²) in [5, 5.41) is 3.61. The molecule has 0 saturated carbocycles. The molecule has 1 aliphatic rings. The Bertz CT molecular complexity index is 634. The summed E-state index contributed by atoms with van der Waals surface area (Å²) in [6.07, 6.45) is 0. The maximum absolute atomic E-state index is 12.0. The molecule has 2 nitrogen and oxygen atoms in total. The third-order valence-electron chi connectivity index (χ3n) is 3.86. The van der Waals surface area contributed by atoms with Gasteiger partial charge in [0.25, 0.3) is 0 Å². The number of hydrogen-bond donors (Lipinski definition) is 1. The first-order chi connectivity index (χ1) is 10.0. The van der Waals surface area contributed by atoms with Crippen molar-refractivity contribution in [2.24, 2.45) is 0 Å². The lowest BCUT2D eigenvalue weighted by Gasteiger charge is -2.36. The van der Waals surface area contributed by atoms with Crippen molar-refractivity contribution < 1.29 is 4.21 Å². The second-order valence-corrected chi connectivity index (χ2v) is 7.82. The topological polar surface area (TPSA) is 29.1 Å². The van der Waals surface area contributed by atoms with E-state index >= 15 is 0 Å². The van der Waals surface area contributed by atoms with E-state index in [2.05, 4.69) is 67.7 Å². The standard InChI is InChI=1S/C18H21NOS/c1-18(2)13-21(20)12-17(19-18)16-10-8-15(9-11-16)14-6-4-3-5-7-14/h3-11,17,19H,12-13H2,1-2H3. The minimum absolute atomic E-state index is 0.0636. The molecule has 0 amide bonds. The quantitative estimate of drug-likeness (QED) is 0.919. The van der Waals surface area contributed by atoms with Crippen LogP contribution in [-0.4, -0.2) is 21.3 Å². The lowest BCUT2D eigenvalue weighted by atomic mass is 9.99. The minimum Gasteiger partial charge on any atom is -0.303 e. The average Bonchev–Trinajstić information content (AvgIpc) is 2.46. The zero-order valence-corrected chi connectivity index (χ0v) is 13.3. The molecule has 1 heterocycles. The molecule has 0 bridgehead atoms. The van der Waals surface area contributed by atoms with Crippen molar-refractivity contribution in [1.29, 1.82) is 0 Å². The maximum Gasteiger partial charge on any atom is 0.0441 e. The zero-order valence-electron chi connectivity index (χ0n) is 12.5. The van der Waals surface area contributed by atoms with Crippen LogP contribution in [0.5, 0.6) is 0 Å². The van der Waals surface area contributed by atoms with Gasteiger partial charge in [0.2, 0.25) is 0 Å². The van der Waals surface area contributed by atoms with Crippen LogP contribution in [0.15, 0.2) is 54.6 Å². The van der Waals surface area contributed by atoms with Gasteiger partial charge in [0.05, 0.1) is 0 Å². The molecule has 0 aromatic heterocycles. The Hall–Kier alpha value is -1.45. The highest BCUT2D eigenvalue weighted by Crippen LogP contribution is 2.26. The van der Waals surface area contributed by atoms with E-state index < -0.39 is 10.8 Å². The normalized spacial score (nSPS) is 24.7. The molecule has 21 heavy (non-hydrogen) atoms. The van der Waals surface area contributed by atoms with Crippen molar-refractivity contribution in [3.63, 3.8) is 0 Å². The molecule has 1 aliphatic heterocycles. The zero-order chi connectivity index (χ0) is 14.9. The molecule has 3 heteroatoms. The van der Waals surface area contributed by atoms with Crippen molar-refractivity contribution in [2.45, 2.75) is 25.4 Å². The van der Waals surface area contributed by atoms with Crippen LogP contribution >= 0.6 is 0 Å². The van der Waals surface area contributed by atoms with Gasteiger partial charge in [-0.15, -0.1) is 0 Å². The van der Waals surface area contributed by atoms with E-state index in [1.54, 1.807) is 0 Å². The fraction of sp³-hybridized carbons (Fsp3) is 0.333. The Morgan fingerprint density at radius 3 is 2.24 bits per heavy atom. The predicted molar refractivity (Wildman–Crippen MR) is 89.7 cm³/mol. The lowest BCUT2D eigenvalue weighted by molar-refractivity contribution is 0.369. The van der Waals surface area contributed by atoms with Crippen LogP contribution in [0.4, 0.5) is 0 Å². The first-order valence-electron chi connectivity index (χ1n) is 7.32. The van der Waals surface area contributed by atoms with E-state index in [1.807, 2.05) is 6.07 Å². The highest BCUT2D eigenvalue weighted by Gasteiger charge is 2.31. The van der Waals surface area contributed by atoms with Gasteiger partial charge in [0.15, 0.2) is 0 Å². The Labute approximate surface area is 129 Å². The highest BCUT2D eigenvalue weighted by atomic mass is 32.2. The Balaban J connectivity index is 1.83. The van der Waals surface area contributed by atoms with Crippen LogP contribution in [0.2, 0.25) is 0 Å². The molecule has 0 aliphatic carbocycles. The van der Waals surface area contributed by atoms with Crippen molar-refractivity contribution >= 4 is 10.8 Å². The second-order valence-electron chi connectivity index (χ2n) is 6.32. The van der Waals surface area contributed by atoms with E-state index in [1.165, 1.54) is 16.7 Å². The van der Waals surface area contributed by atoms with Gasteiger partial charge in [-0.05, 0) is 30.5 Å². The summed E-state index contributed by atoms with van der Waals surface area (Å²) < 4.78 is 12.0. The molecule has 1 saturated heterocycles. The third kappa shape index (κ3) is 3.42. The van der Waals surface area contributed by atoms with Crippen LogP contribution in [0.25, 0.3) is 11.1 Å². The van der Waals surface area contributed by atoms with Crippen molar-refractivity contribution in [2.75, 3.05) is 11.5 Å². The van der Waals surface area contributed by atoms with Crippen LogP contribution in [0.1, 0.15) is 25.5 Å². The molecular formula is C18H21NOS. The van der Waals surface area contributed by atoms with Crippen LogP contribution < -0.4 is 5.32 Å². The van der Waals surface area contributed by atoms with E-state index in [0.717, 1.165) is 5.75 Å². The van der Waals surface area contributed by atoms with Gasteiger partial charge in [-0.1, -0.05) is 54.6 Å². The van der Waals surface area contributed by atoms with Crippen molar-refractivity contribution in [1.82, 2.24) is 5.32 Å². The Kier molecular flexibility index (Phi) is 3.96. The Morgan fingerprint density at radius 2 is 1.62 bits per heavy atom. The molecule has 0 spiro atoms. The smallest absolute Gasteiger partial charge is 0.0441 e. The lowest BCUT2D eigenvalue weighted by Crippen LogP contribution is -2.52. The van der Waals surface area contributed by atoms with Gasteiger partial charge in [-0.3, -0.25) is 4.21 Å². The van der Waals surface area contributed by atoms with Crippen molar-refractivity contribution in [3.05, 3.63) is 60.2 Å². The SMILES string of the molecule is CC1(C)CS(=O)CC(c2ccc(-c3ccccc3)cc2)N1. The summed E-state index contributed by atoms with van der Waals surface area (Å²) in [5.74, 6) is 1.43. The summed E-state index contributed by atoms with van der Waals surface area (Å²) in [5.41, 5.74) is 3.60. The fourth-order valence-electron chi connectivity index (χ4n) is 2.92. The third-order valence-corrected chi connectivity index (χ3v) is 5.61. The minimum atomic E-state index is -0.744. The monoisotopic (exact) mass is 299 g/mol. The summed E-state index contributed by atoms with van der Waals surface area (Å²) in [6.45, 7) is 4.24. The summed E-state index contributed by atoms with van der Waals surface area (Å²) in [4.78, 5) is 0. The van der Waals surface area contributed by atoms with Crippen LogP contribution in [0.3, 0.4) is 0 Å². The van der Waals surface area contributed by atoms with Gasteiger partial charge >= 0.3 is 0 Å². The summed E-state index contributed by atoms with van der Waals surface area (Å²) >= 11 is 0. The van der Waals surface area contributed by atoms with E-state index in [-0.39, 0.29) is 11.6 Å². The Morgan fingerprint density at radius 1 is 1.00 bits per heavy atom. The number of benzene rings is 2. The first-order valence-corrected chi connectivity index (χ1v) is 8.80. The van der Waals surface area contributed by atoms with E-state index in [4.69, 9.17) is 0 Å². The van der Waals surface area contributed by atoms with Gasteiger partial charge in [-0.2, -0.15) is 0 Å². The number of rotatable bonds is 2. The molecule has 110 valence electrons. The molecule has 1 N–H and O–H groups in total. The molecule has 0 radical (unpaired) electrons. The van der Waals surface area contributed by atoms with E-state index in [0.29, 0.717) is 5.75 Å². The predicted octanol–water partition coefficient (Wildman–Crippen LogP) is 3.53. The molecule has 2 aromatic rings. The molecule has 2 unspecified atom stereocenters. The largest absolute Gasteiger partial charge is 0.303 e. The summed E-state index contributed by atoms with van der Waals surface area (Å²) in [6, 6.07) is 19.2. The summed E-state index contributed by atoms with van der Waals surface area (Å²) in [7, 11) is -0.744. The number of nitrogens with one attached hydrogen (secondary N) is 1. The van der Waals surface area contributed by atoms with Crippen LogP contribution in [0, 0.1) is 0 Å². The average molecular weight is 299 g/mol. The first kappa shape index (κ1) is 14.5.